The van der Waals surface area contributed by atoms with Crippen molar-refractivity contribution in [2.75, 3.05) is 30.3 Å². The molecule has 0 atom stereocenters. The van der Waals surface area contributed by atoms with Crippen LogP contribution in [0, 0.1) is 19.8 Å². The van der Waals surface area contributed by atoms with E-state index < -0.39 is 0 Å². The molecule has 3 heterocycles. The van der Waals surface area contributed by atoms with Crippen LogP contribution in [0.2, 0.25) is 0 Å². The van der Waals surface area contributed by atoms with Gasteiger partial charge >= 0.3 is 0 Å². The van der Waals surface area contributed by atoms with E-state index in [1.54, 1.807) is 17.7 Å². The molecule has 7 heteroatoms. The van der Waals surface area contributed by atoms with Gasteiger partial charge < -0.3 is 10.2 Å². The van der Waals surface area contributed by atoms with E-state index in [0.717, 1.165) is 36.6 Å². The maximum atomic E-state index is 12.1. The standard InChI is InChI=1S/C16H22N4OS2/c1-10-11(2)23-16-13(10)14(18-9-19-16)20-6-3-12(4-7-20)15(21)17-5-8-22/h9,12,22H,3-8H2,1-2H3,(H,17,21). The van der Waals surface area contributed by atoms with E-state index in [9.17, 15) is 4.79 Å². The number of anilines is 1. The van der Waals surface area contributed by atoms with Crippen molar-refractivity contribution in [1.82, 2.24) is 15.3 Å². The van der Waals surface area contributed by atoms with Gasteiger partial charge in [-0.25, -0.2) is 9.97 Å². The summed E-state index contributed by atoms with van der Waals surface area (Å²) in [5.74, 6) is 1.97. The maximum absolute atomic E-state index is 12.1. The Bertz CT molecular complexity index is 707. The van der Waals surface area contributed by atoms with Gasteiger partial charge in [0.25, 0.3) is 0 Å². The molecule has 1 aliphatic heterocycles. The molecule has 0 aromatic carbocycles. The quantitative estimate of drug-likeness (QED) is 0.832. The molecule has 1 N–H and O–H groups in total. The molecule has 0 saturated carbocycles. The largest absolute Gasteiger partial charge is 0.356 e. The average molecular weight is 351 g/mol. The molecule has 0 spiro atoms. The summed E-state index contributed by atoms with van der Waals surface area (Å²) in [7, 11) is 0. The molecule has 1 amide bonds. The molecule has 0 radical (unpaired) electrons. The van der Waals surface area contributed by atoms with Gasteiger partial charge in [-0.2, -0.15) is 12.6 Å². The van der Waals surface area contributed by atoms with Crippen molar-refractivity contribution in [2.24, 2.45) is 5.92 Å². The number of amides is 1. The van der Waals surface area contributed by atoms with Crippen molar-refractivity contribution in [3.63, 3.8) is 0 Å². The topological polar surface area (TPSA) is 58.1 Å². The van der Waals surface area contributed by atoms with E-state index in [1.807, 2.05) is 0 Å². The van der Waals surface area contributed by atoms with Crippen LogP contribution in [-0.2, 0) is 4.79 Å². The van der Waals surface area contributed by atoms with E-state index in [2.05, 4.69) is 46.7 Å². The number of rotatable bonds is 4. The van der Waals surface area contributed by atoms with Crippen molar-refractivity contribution >= 4 is 45.9 Å². The van der Waals surface area contributed by atoms with Crippen molar-refractivity contribution in [3.05, 3.63) is 16.8 Å². The maximum Gasteiger partial charge on any atom is 0.223 e. The molecule has 23 heavy (non-hydrogen) atoms. The molecule has 1 saturated heterocycles. The Hall–Kier alpha value is -1.34. The number of aryl methyl sites for hydroxylation is 2. The summed E-state index contributed by atoms with van der Waals surface area (Å²) in [4.78, 5) is 25.7. The summed E-state index contributed by atoms with van der Waals surface area (Å²) < 4.78 is 0. The highest BCUT2D eigenvalue weighted by molar-refractivity contribution is 7.80. The lowest BCUT2D eigenvalue weighted by molar-refractivity contribution is -0.125. The number of carbonyl (C=O) groups excluding carboxylic acids is 1. The molecule has 1 fully saturated rings. The summed E-state index contributed by atoms with van der Waals surface area (Å²) >= 11 is 5.85. The summed E-state index contributed by atoms with van der Waals surface area (Å²) in [5, 5.41) is 4.11. The highest BCUT2D eigenvalue weighted by Gasteiger charge is 2.27. The number of thiol groups is 1. The first-order valence-electron chi connectivity index (χ1n) is 7.96. The van der Waals surface area contributed by atoms with Crippen LogP contribution in [0.15, 0.2) is 6.33 Å². The molecule has 2 aromatic rings. The van der Waals surface area contributed by atoms with Crippen LogP contribution in [0.4, 0.5) is 5.82 Å². The van der Waals surface area contributed by atoms with E-state index >= 15 is 0 Å². The first kappa shape index (κ1) is 16.5. The summed E-state index contributed by atoms with van der Waals surface area (Å²) in [6.45, 7) is 6.63. The van der Waals surface area contributed by atoms with Gasteiger partial charge in [0.2, 0.25) is 5.91 Å². The predicted octanol–water partition coefficient (Wildman–Crippen LogP) is 2.57. The number of thiophene rings is 1. The minimum absolute atomic E-state index is 0.105. The van der Waals surface area contributed by atoms with Gasteiger partial charge in [0.15, 0.2) is 0 Å². The van der Waals surface area contributed by atoms with Crippen LogP contribution in [0.1, 0.15) is 23.3 Å². The molecular formula is C16H22N4OS2. The Labute approximate surface area is 145 Å². The normalized spacial score (nSPS) is 16.0. The Kier molecular flexibility index (Phi) is 5.06. The van der Waals surface area contributed by atoms with E-state index in [1.165, 1.54) is 15.8 Å². The van der Waals surface area contributed by atoms with Gasteiger partial charge in [-0.05, 0) is 32.3 Å². The lowest BCUT2D eigenvalue weighted by atomic mass is 9.95. The summed E-state index contributed by atoms with van der Waals surface area (Å²) in [6.07, 6.45) is 3.39. The van der Waals surface area contributed by atoms with Crippen LogP contribution < -0.4 is 10.2 Å². The molecule has 0 aliphatic carbocycles. The van der Waals surface area contributed by atoms with Gasteiger partial charge in [0.1, 0.15) is 17.0 Å². The van der Waals surface area contributed by atoms with Crippen molar-refractivity contribution in [1.29, 1.82) is 0 Å². The molecule has 0 bridgehead atoms. The number of hydrogen-bond donors (Lipinski definition) is 2. The van der Waals surface area contributed by atoms with E-state index in [-0.39, 0.29) is 11.8 Å². The first-order valence-corrected chi connectivity index (χ1v) is 9.41. The first-order chi connectivity index (χ1) is 11.1. The number of piperidine rings is 1. The second kappa shape index (κ2) is 7.05. The van der Waals surface area contributed by atoms with Gasteiger partial charge in [0.05, 0.1) is 5.39 Å². The molecule has 1 aliphatic rings. The van der Waals surface area contributed by atoms with E-state index in [0.29, 0.717) is 12.3 Å². The lowest BCUT2D eigenvalue weighted by Gasteiger charge is -2.32. The average Bonchev–Trinajstić information content (AvgIpc) is 2.87. The second-order valence-corrected chi connectivity index (χ2v) is 7.59. The van der Waals surface area contributed by atoms with Crippen LogP contribution in [0.5, 0.6) is 0 Å². The second-order valence-electron chi connectivity index (χ2n) is 5.94. The highest BCUT2D eigenvalue weighted by atomic mass is 32.1. The Balaban J connectivity index is 1.74. The Morgan fingerprint density at radius 1 is 1.39 bits per heavy atom. The van der Waals surface area contributed by atoms with Gasteiger partial charge in [-0.3, -0.25) is 4.79 Å². The fourth-order valence-corrected chi connectivity index (χ4v) is 4.18. The molecule has 5 nitrogen and oxygen atoms in total. The number of hydrogen-bond acceptors (Lipinski definition) is 6. The zero-order chi connectivity index (χ0) is 16.4. The van der Waals surface area contributed by atoms with Crippen LogP contribution in [0.25, 0.3) is 10.2 Å². The van der Waals surface area contributed by atoms with Gasteiger partial charge in [-0.15, -0.1) is 11.3 Å². The molecule has 2 aromatic heterocycles. The SMILES string of the molecule is Cc1sc2ncnc(N3CCC(C(=O)NCCS)CC3)c2c1C. The Morgan fingerprint density at radius 3 is 2.83 bits per heavy atom. The third-order valence-electron chi connectivity index (χ3n) is 4.52. The predicted molar refractivity (Wildman–Crippen MR) is 98.7 cm³/mol. The van der Waals surface area contributed by atoms with Crippen LogP contribution >= 0.6 is 24.0 Å². The van der Waals surface area contributed by atoms with E-state index in [4.69, 9.17) is 0 Å². The third-order valence-corrected chi connectivity index (χ3v) is 5.86. The Morgan fingerprint density at radius 2 is 2.13 bits per heavy atom. The number of carbonyl (C=O) groups is 1. The number of nitrogens with one attached hydrogen (secondary N) is 1. The smallest absolute Gasteiger partial charge is 0.223 e. The fourth-order valence-electron chi connectivity index (χ4n) is 3.08. The lowest BCUT2D eigenvalue weighted by Crippen LogP contribution is -2.41. The van der Waals surface area contributed by atoms with Crippen LogP contribution in [0.3, 0.4) is 0 Å². The zero-order valence-corrected chi connectivity index (χ0v) is 15.2. The number of nitrogens with zero attached hydrogens (tertiary/aromatic N) is 3. The molecule has 3 rings (SSSR count). The van der Waals surface area contributed by atoms with Crippen LogP contribution in [-0.4, -0.2) is 41.3 Å². The third kappa shape index (κ3) is 3.30. The van der Waals surface area contributed by atoms with Crippen molar-refractivity contribution in [2.45, 2.75) is 26.7 Å². The molecular weight excluding hydrogens is 328 g/mol. The number of aromatic nitrogens is 2. The van der Waals surface area contributed by atoms with Crippen molar-refractivity contribution < 1.29 is 4.79 Å². The molecule has 124 valence electrons. The highest BCUT2D eigenvalue weighted by Crippen LogP contribution is 2.35. The molecule has 0 unspecified atom stereocenters. The summed E-state index contributed by atoms with van der Waals surface area (Å²) in [6, 6.07) is 0. The fraction of sp³-hybridized carbons (Fsp3) is 0.562. The zero-order valence-electron chi connectivity index (χ0n) is 13.5. The monoisotopic (exact) mass is 350 g/mol. The minimum atomic E-state index is 0.105. The summed E-state index contributed by atoms with van der Waals surface area (Å²) in [5.41, 5.74) is 1.27. The van der Waals surface area contributed by atoms with Gasteiger partial charge in [-0.1, -0.05) is 0 Å². The van der Waals surface area contributed by atoms with Gasteiger partial charge in [0, 0.05) is 36.2 Å². The minimum Gasteiger partial charge on any atom is -0.356 e. The van der Waals surface area contributed by atoms with Crippen molar-refractivity contribution in [3.8, 4) is 0 Å². The number of fused-ring (bicyclic) bond motifs is 1.